The first-order valence-electron chi connectivity index (χ1n) is 6.46. The van der Waals surface area contributed by atoms with E-state index in [1.165, 1.54) is 6.07 Å². The minimum atomic E-state index is -0.312. The third kappa shape index (κ3) is 3.11. The second-order valence-electron chi connectivity index (χ2n) is 4.94. The van der Waals surface area contributed by atoms with Crippen LogP contribution in [0.15, 0.2) is 48.5 Å². The van der Waals surface area contributed by atoms with Crippen LogP contribution in [0.2, 0.25) is 0 Å². The number of nitrogens with two attached hydrogens (primary N) is 1. The lowest BCUT2D eigenvalue weighted by atomic mass is 10.1. The first kappa shape index (κ1) is 14.8. The fourth-order valence-electron chi connectivity index (χ4n) is 2.27. The van der Waals surface area contributed by atoms with E-state index < -0.39 is 0 Å². The molecule has 2 aromatic rings. The van der Waals surface area contributed by atoms with Gasteiger partial charge >= 0.3 is 0 Å². The molecule has 1 saturated carbocycles. The van der Waals surface area contributed by atoms with E-state index in [4.69, 9.17) is 10.5 Å². The van der Waals surface area contributed by atoms with Crippen molar-refractivity contribution in [1.82, 2.24) is 0 Å². The van der Waals surface area contributed by atoms with Crippen molar-refractivity contribution < 1.29 is 9.13 Å². The molecule has 2 N–H and O–H groups in total. The summed E-state index contributed by atoms with van der Waals surface area (Å²) in [6.45, 7) is 0.372. The standard InChI is InChI=1S/C16H16FNO.ClH/c17-14-8-4-7-12(13-9-15(13)18)16(14)19-10-11-5-2-1-3-6-11;/h1-8,13,15H,9-10,18H2;1H/t13-,15+;/m0./s1. The van der Waals surface area contributed by atoms with Gasteiger partial charge in [0.25, 0.3) is 0 Å². The van der Waals surface area contributed by atoms with Crippen molar-refractivity contribution in [2.24, 2.45) is 5.73 Å². The monoisotopic (exact) mass is 293 g/mol. The molecule has 1 aliphatic rings. The molecule has 20 heavy (non-hydrogen) atoms. The van der Waals surface area contributed by atoms with Crippen LogP contribution in [0.3, 0.4) is 0 Å². The summed E-state index contributed by atoms with van der Waals surface area (Å²) < 4.78 is 19.6. The van der Waals surface area contributed by atoms with Crippen LogP contribution in [0.5, 0.6) is 5.75 Å². The summed E-state index contributed by atoms with van der Waals surface area (Å²) in [5.74, 6) is 0.276. The molecule has 0 aliphatic heterocycles. The largest absolute Gasteiger partial charge is 0.486 e. The molecule has 2 nitrogen and oxygen atoms in total. The predicted molar refractivity (Wildman–Crippen MR) is 79.8 cm³/mol. The third-order valence-electron chi connectivity index (χ3n) is 3.46. The number of benzene rings is 2. The highest BCUT2D eigenvalue weighted by molar-refractivity contribution is 5.85. The van der Waals surface area contributed by atoms with E-state index >= 15 is 0 Å². The summed E-state index contributed by atoms with van der Waals surface area (Å²) in [4.78, 5) is 0. The Morgan fingerprint density at radius 1 is 1.10 bits per heavy atom. The van der Waals surface area contributed by atoms with Crippen LogP contribution in [-0.4, -0.2) is 6.04 Å². The quantitative estimate of drug-likeness (QED) is 0.934. The zero-order valence-corrected chi connectivity index (χ0v) is 11.8. The molecule has 4 heteroatoms. The molecule has 106 valence electrons. The average Bonchev–Trinajstić information content (AvgIpc) is 3.15. The number of ether oxygens (including phenoxy) is 1. The van der Waals surface area contributed by atoms with Gasteiger partial charge in [0.2, 0.25) is 0 Å². The zero-order valence-electron chi connectivity index (χ0n) is 11.0. The Labute approximate surface area is 124 Å². The number of hydrogen-bond acceptors (Lipinski definition) is 2. The maximum atomic E-state index is 13.9. The maximum absolute atomic E-state index is 13.9. The molecule has 2 atom stereocenters. The Morgan fingerprint density at radius 3 is 2.45 bits per heavy atom. The van der Waals surface area contributed by atoms with E-state index in [1.54, 1.807) is 6.07 Å². The molecule has 0 aromatic heterocycles. The number of para-hydroxylation sites is 1. The van der Waals surface area contributed by atoms with Crippen molar-refractivity contribution in [2.75, 3.05) is 0 Å². The smallest absolute Gasteiger partial charge is 0.165 e. The van der Waals surface area contributed by atoms with Crippen molar-refractivity contribution >= 4 is 12.4 Å². The van der Waals surface area contributed by atoms with Gasteiger partial charge in [-0.05, 0) is 18.1 Å². The molecule has 0 saturated heterocycles. The molecule has 3 rings (SSSR count). The molecular formula is C16H17ClFNO. The molecule has 0 bridgehead atoms. The highest BCUT2D eigenvalue weighted by Crippen LogP contribution is 2.44. The highest BCUT2D eigenvalue weighted by Gasteiger charge is 2.37. The van der Waals surface area contributed by atoms with E-state index in [2.05, 4.69) is 0 Å². The van der Waals surface area contributed by atoms with Crippen molar-refractivity contribution in [3.63, 3.8) is 0 Å². The molecule has 1 aliphatic carbocycles. The van der Waals surface area contributed by atoms with Crippen LogP contribution in [0.4, 0.5) is 4.39 Å². The SMILES string of the molecule is Cl.N[C@@H]1C[C@H]1c1cccc(F)c1OCc1ccccc1. The van der Waals surface area contributed by atoms with Gasteiger partial charge in [0.05, 0.1) is 0 Å². The second-order valence-corrected chi connectivity index (χ2v) is 4.94. The van der Waals surface area contributed by atoms with Gasteiger partial charge in [0.15, 0.2) is 11.6 Å². The highest BCUT2D eigenvalue weighted by atomic mass is 35.5. The number of rotatable bonds is 4. The van der Waals surface area contributed by atoms with Crippen molar-refractivity contribution in [2.45, 2.75) is 25.0 Å². The van der Waals surface area contributed by atoms with Gasteiger partial charge in [-0.25, -0.2) is 4.39 Å². The van der Waals surface area contributed by atoms with Crippen molar-refractivity contribution in [3.8, 4) is 5.75 Å². The van der Waals surface area contributed by atoms with E-state index in [1.807, 2.05) is 36.4 Å². The fourth-order valence-corrected chi connectivity index (χ4v) is 2.27. The van der Waals surface area contributed by atoms with E-state index in [9.17, 15) is 4.39 Å². The van der Waals surface area contributed by atoms with Crippen LogP contribution in [-0.2, 0) is 6.61 Å². The van der Waals surface area contributed by atoms with E-state index in [-0.39, 0.29) is 30.2 Å². The predicted octanol–water partition coefficient (Wildman–Crippen LogP) is 3.64. The summed E-state index contributed by atoms with van der Waals surface area (Å²) in [6, 6.07) is 14.9. The number of halogens is 2. The normalized spacial score (nSPS) is 20.1. The van der Waals surface area contributed by atoms with Crippen LogP contribution in [0, 0.1) is 5.82 Å². The third-order valence-corrected chi connectivity index (χ3v) is 3.46. The lowest BCUT2D eigenvalue weighted by Crippen LogP contribution is -2.04. The minimum absolute atomic E-state index is 0. The van der Waals surface area contributed by atoms with Crippen LogP contribution < -0.4 is 10.5 Å². The molecule has 0 radical (unpaired) electrons. The summed E-state index contributed by atoms with van der Waals surface area (Å²) in [7, 11) is 0. The molecule has 1 fully saturated rings. The minimum Gasteiger partial charge on any atom is -0.486 e. The molecular weight excluding hydrogens is 277 g/mol. The van der Waals surface area contributed by atoms with Crippen LogP contribution in [0.1, 0.15) is 23.5 Å². The van der Waals surface area contributed by atoms with Crippen LogP contribution in [0.25, 0.3) is 0 Å². The summed E-state index contributed by atoms with van der Waals surface area (Å²) in [5.41, 5.74) is 7.76. The van der Waals surface area contributed by atoms with E-state index in [0.29, 0.717) is 12.4 Å². The first-order valence-corrected chi connectivity index (χ1v) is 6.46. The van der Waals surface area contributed by atoms with Gasteiger partial charge in [-0.2, -0.15) is 0 Å². The fraction of sp³-hybridized carbons (Fsp3) is 0.250. The first-order chi connectivity index (χ1) is 9.25. The van der Waals surface area contributed by atoms with Gasteiger partial charge in [0.1, 0.15) is 6.61 Å². The van der Waals surface area contributed by atoms with E-state index in [0.717, 1.165) is 17.5 Å². The average molecular weight is 294 g/mol. The Kier molecular flexibility index (Phi) is 4.63. The number of hydrogen-bond donors (Lipinski definition) is 1. The van der Waals surface area contributed by atoms with Gasteiger partial charge in [-0.3, -0.25) is 0 Å². The van der Waals surface area contributed by atoms with Gasteiger partial charge in [0, 0.05) is 17.5 Å². The van der Waals surface area contributed by atoms with Crippen molar-refractivity contribution in [1.29, 1.82) is 0 Å². The summed E-state index contributed by atoms with van der Waals surface area (Å²) in [6.07, 6.45) is 0.908. The van der Waals surface area contributed by atoms with Gasteiger partial charge < -0.3 is 10.5 Å². The summed E-state index contributed by atoms with van der Waals surface area (Å²) in [5, 5.41) is 0. The van der Waals surface area contributed by atoms with Crippen molar-refractivity contribution in [3.05, 3.63) is 65.5 Å². The molecule has 0 spiro atoms. The maximum Gasteiger partial charge on any atom is 0.165 e. The Balaban J connectivity index is 0.00000147. The zero-order chi connectivity index (χ0) is 13.2. The molecule has 0 unspecified atom stereocenters. The molecule has 2 aromatic carbocycles. The van der Waals surface area contributed by atoms with Gasteiger partial charge in [-0.15, -0.1) is 12.4 Å². The molecule has 0 heterocycles. The lowest BCUT2D eigenvalue weighted by molar-refractivity contribution is 0.287. The second kappa shape index (κ2) is 6.25. The van der Waals surface area contributed by atoms with Crippen LogP contribution >= 0.6 is 12.4 Å². The van der Waals surface area contributed by atoms with Gasteiger partial charge in [-0.1, -0.05) is 42.5 Å². The Morgan fingerprint density at radius 2 is 1.80 bits per heavy atom. The Hall–Kier alpha value is -1.58. The molecule has 0 amide bonds. The topological polar surface area (TPSA) is 35.2 Å². The Bertz CT molecular complexity index is 576. The lowest BCUT2D eigenvalue weighted by Gasteiger charge is -2.12. The summed E-state index contributed by atoms with van der Waals surface area (Å²) >= 11 is 0.